The summed E-state index contributed by atoms with van der Waals surface area (Å²) < 4.78 is 36.3. The lowest BCUT2D eigenvalue weighted by Gasteiger charge is -2.17. The van der Waals surface area contributed by atoms with Gasteiger partial charge in [0.1, 0.15) is 0 Å². The molecule has 2 N–H and O–H groups in total. The zero-order chi connectivity index (χ0) is 25.5. The Bertz CT molecular complexity index is 1340. The Morgan fingerprint density at radius 3 is 1.28 bits per heavy atom. The second-order valence-electron chi connectivity index (χ2n) is 7.92. The average molecular weight is 499 g/mol. The van der Waals surface area contributed by atoms with Gasteiger partial charge in [-0.1, -0.05) is 66.7 Å². The molecule has 5 aromatic rings. The van der Waals surface area contributed by atoms with Crippen LogP contribution in [0.4, 0.5) is 5.69 Å². The molecule has 6 nitrogen and oxygen atoms in total. The molecule has 7 heteroatoms. The van der Waals surface area contributed by atoms with E-state index in [9.17, 15) is 0 Å². The van der Waals surface area contributed by atoms with E-state index < -0.39 is 10.2 Å². The third-order valence-corrected chi connectivity index (χ3v) is 5.46. The Hall–Kier alpha value is -4.04. The number of anilines is 1. The molecule has 0 aliphatic rings. The lowest BCUT2D eigenvalue weighted by molar-refractivity contribution is -2.00. The van der Waals surface area contributed by atoms with Crippen LogP contribution in [-0.2, 0) is 0 Å². The number of nitrogens with zero attached hydrogens (tertiary/aromatic N) is 1. The van der Waals surface area contributed by atoms with Crippen LogP contribution in [0.25, 0.3) is 39.3 Å². The lowest BCUT2D eigenvalue weighted by Crippen LogP contribution is -2.68. The largest absolute Gasteiger partial charge is 0.399 e. The van der Waals surface area contributed by atoms with Gasteiger partial charge in [0, 0.05) is 41.1 Å². The van der Waals surface area contributed by atoms with E-state index in [0.717, 1.165) is 33.9 Å². The lowest BCUT2D eigenvalue weighted by atomic mass is 9.98. The summed E-state index contributed by atoms with van der Waals surface area (Å²) in [7, 11) is -4.94. The van der Waals surface area contributed by atoms with E-state index in [0.29, 0.717) is 0 Å². The molecule has 5 rings (SSSR count). The van der Waals surface area contributed by atoms with Gasteiger partial charge in [0.25, 0.3) is 0 Å². The van der Waals surface area contributed by atoms with Gasteiger partial charge in [0.05, 0.1) is 0 Å². The number of pyridine rings is 1. The first-order valence-electron chi connectivity index (χ1n) is 11.0. The molecule has 0 amide bonds. The molecule has 36 heavy (non-hydrogen) atoms. The summed E-state index contributed by atoms with van der Waals surface area (Å²) in [6, 6.07) is 44.2. The zero-order valence-electron chi connectivity index (χ0n) is 19.2. The molecule has 0 atom stereocenters. The molecule has 0 saturated heterocycles. The molecule has 0 saturated carbocycles. The zero-order valence-corrected chi connectivity index (χ0v) is 19.9. The maximum absolute atomic E-state index is 8.49. The predicted molar refractivity (Wildman–Crippen MR) is 129 cm³/mol. The molecule has 0 aliphatic carbocycles. The molecule has 0 radical (unpaired) electrons. The van der Waals surface area contributed by atoms with Crippen LogP contribution in [0.5, 0.6) is 0 Å². The first-order chi connectivity index (χ1) is 17.3. The van der Waals surface area contributed by atoms with Crippen molar-refractivity contribution in [2.75, 3.05) is 5.73 Å². The van der Waals surface area contributed by atoms with Gasteiger partial charge in [-0.2, -0.15) is 4.57 Å². The number of aromatic nitrogens is 1. The molecule has 4 aromatic carbocycles. The van der Waals surface area contributed by atoms with Crippen LogP contribution in [0.2, 0.25) is 0 Å². The highest BCUT2D eigenvalue weighted by molar-refractivity contribution is 5.75. The van der Waals surface area contributed by atoms with E-state index in [1.807, 2.05) is 12.1 Å². The standard InChI is InChI=1S/C29H22N2.ClHO4/c30-26-18-16-22(17-19-26)25-20-28(23-10-4-1-5-11-23)31(27-14-8-3-9-15-27)29(21-25)24-12-6-2-7-13-24;2-1(3,4)5/h1-21,30H;(H,2,3,4,5). The average Bonchev–Trinajstić information content (AvgIpc) is 2.89. The van der Waals surface area contributed by atoms with Crippen molar-refractivity contribution in [1.82, 2.24) is 0 Å². The SMILES string of the molecule is Nc1ccc(-c2cc(-c3ccccc3)[n+](-c3ccccc3)c(-c3ccccc3)c2)cc1.[O-][Cl+3]([O-])([O-])[O-]. The monoisotopic (exact) mass is 498 g/mol. The minimum absolute atomic E-state index is 0.769. The number of benzene rings is 4. The fourth-order valence-electron chi connectivity index (χ4n) is 3.94. The molecule has 0 aliphatic heterocycles. The fourth-order valence-corrected chi connectivity index (χ4v) is 3.94. The summed E-state index contributed by atoms with van der Waals surface area (Å²) in [6.07, 6.45) is 0. The van der Waals surface area contributed by atoms with Crippen LogP contribution >= 0.6 is 0 Å². The smallest absolute Gasteiger partial charge is 0.219 e. The van der Waals surface area contributed by atoms with E-state index in [1.165, 1.54) is 11.1 Å². The van der Waals surface area contributed by atoms with Crippen LogP contribution in [0.1, 0.15) is 0 Å². The topological polar surface area (TPSA) is 122 Å². The Morgan fingerprint density at radius 2 is 0.861 bits per heavy atom. The molecule has 0 unspecified atom stereocenters. The van der Waals surface area contributed by atoms with Crippen molar-refractivity contribution in [2.45, 2.75) is 0 Å². The van der Waals surface area contributed by atoms with E-state index in [1.54, 1.807) is 0 Å². The first-order valence-corrected chi connectivity index (χ1v) is 12.3. The van der Waals surface area contributed by atoms with Gasteiger partial charge in [-0.15, -0.1) is 10.2 Å². The highest BCUT2D eigenvalue weighted by Gasteiger charge is 2.24. The number of nitrogens with two attached hydrogens (primary N) is 1. The van der Waals surface area contributed by atoms with E-state index >= 15 is 0 Å². The second-order valence-corrected chi connectivity index (χ2v) is 8.67. The third-order valence-electron chi connectivity index (χ3n) is 5.46. The second kappa shape index (κ2) is 11.1. The van der Waals surface area contributed by atoms with Crippen LogP contribution in [0.3, 0.4) is 0 Å². The minimum atomic E-state index is -4.94. The van der Waals surface area contributed by atoms with Crippen LogP contribution < -0.4 is 28.9 Å². The molecular formula is C29H23ClN2O4. The number of halogens is 1. The quantitative estimate of drug-likeness (QED) is 0.299. The van der Waals surface area contributed by atoms with Gasteiger partial charge in [0.2, 0.25) is 17.1 Å². The first kappa shape index (κ1) is 25.1. The van der Waals surface area contributed by atoms with Crippen molar-refractivity contribution in [3.05, 3.63) is 127 Å². The van der Waals surface area contributed by atoms with Gasteiger partial charge in [-0.05, 0) is 47.5 Å². The summed E-state index contributed by atoms with van der Waals surface area (Å²) in [4.78, 5) is 0. The highest BCUT2D eigenvalue weighted by atomic mass is 35.7. The summed E-state index contributed by atoms with van der Waals surface area (Å²) in [6.45, 7) is 0. The molecule has 1 heterocycles. The normalized spacial score (nSPS) is 10.9. The molecule has 0 bridgehead atoms. The van der Waals surface area contributed by atoms with E-state index in [4.69, 9.17) is 24.4 Å². The van der Waals surface area contributed by atoms with Crippen LogP contribution in [-0.4, -0.2) is 0 Å². The van der Waals surface area contributed by atoms with Crippen molar-refractivity contribution in [2.24, 2.45) is 0 Å². The number of hydrogen-bond donors (Lipinski definition) is 1. The molecule has 0 fully saturated rings. The third kappa shape index (κ3) is 6.55. The van der Waals surface area contributed by atoms with Crippen molar-refractivity contribution in [3.8, 4) is 39.3 Å². The summed E-state index contributed by atoms with van der Waals surface area (Å²) in [5, 5.41) is 0. The van der Waals surface area contributed by atoms with Gasteiger partial charge in [-0.25, -0.2) is 18.6 Å². The summed E-state index contributed by atoms with van der Waals surface area (Å²) >= 11 is 0. The molecule has 180 valence electrons. The highest BCUT2D eigenvalue weighted by Crippen LogP contribution is 2.30. The Kier molecular flexibility index (Phi) is 7.75. The van der Waals surface area contributed by atoms with Crippen molar-refractivity contribution in [1.29, 1.82) is 0 Å². The summed E-state index contributed by atoms with van der Waals surface area (Å²) in [5.74, 6) is 0. The van der Waals surface area contributed by atoms with Gasteiger partial charge in [0.15, 0.2) is 0 Å². The number of para-hydroxylation sites is 1. The van der Waals surface area contributed by atoms with Gasteiger partial charge >= 0.3 is 0 Å². The van der Waals surface area contributed by atoms with E-state index in [-0.39, 0.29) is 0 Å². The maximum atomic E-state index is 8.49. The Morgan fingerprint density at radius 1 is 0.472 bits per heavy atom. The minimum Gasteiger partial charge on any atom is -0.399 e. The maximum Gasteiger partial charge on any atom is 0.219 e. The number of rotatable bonds is 4. The van der Waals surface area contributed by atoms with Crippen molar-refractivity contribution >= 4 is 5.69 Å². The Labute approximate surface area is 211 Å². The molecule has 1 aromatic heterocycles. The van der Waals surface area contributed by atoms with Crippen molar-refractivity contribution < 1.29 is 33.4 Å². The molecule has 0 spiro atoms. The number of nitrogen functional groups attached to an aromatic ring is 1. The van der Waals surface area contributed by atoms with Crippen LogP contribution in [0.15, 0.2) is 127 Å². The number of hydrogen-bond acceptors (Lipinski definition) is 5. The summed E-state index contributed by atoms with van der Waals surface area (Å²) in [5.41, 5.74) is 14.8. The fraction of sp³-hybridized carbons (Fsp3) is 0. The Balaban J connectivity index is 0.000000556. The molecular weight excluding hydrogens is 476 g/mol. The van der Waals surface area contributed by atoms with Gasteiger partial charge in [-0.3, -0.25) is 0 Å². The van der Waals surface area contributed by atoms with Crippen LogP contribution in [0, 0.1) is 10.2 Å². The van der Waals surface area contributed by atoms with Crippen molar-refractivity contribution in [3.63, 3.8) is 0 Å². The van der Waals surface area contributed by atoms with Gasteiger partial charge < -0.3 is 5.73 Å². The predicted octanol–water partition coefficient (Wildman–Crippen LogP) is 1.79. The van der Waals surface area contributed by atoms with E-state index in [2.05, 4.69) is 120 Å².